The van der Waals surface area contributed by atoms with Crippen molar-refractivity contribution in [3.63, 3.8) is 0 Å². The third-order valence-corrected chi connectivity index (χ3v) is 3.80. The lowest BCUT2D eigenvalue weighted by atomic mass is 9.74. The molecule has 1 aromatic carbocycles. The van der Waals surface area contributed by atoms with Crippen molar-refractivity contribution >= 4 is 5.78 Å². The molecule has 104 valence electrons. The maximum atomic E-state index is 13.6. The number of carbonyl (C=O) groups excluding carboxylic acids is 1. The van der Waals surface area contributed by atoms with Crippen LogP contribution in [0.25, 0.3) is 0 Å². The molecule has 0 spiro atoms. The van der Waals surface area contributed by atoms with E-state index < -0.39 is 17.0 Å². The van der Waals surface area contributed by atoms with Gasteiger partial charge in [-0.2, -0.15) is 0 Å². The number of nitrogens with two attached hydrogens (primary N) is 1. The van der Waals surface area contributed by atoms with Crippen LogP contribution in [-0.2, 0) is 16.0 Å². The van der Waals surface area contributed by atoms with Crippen LogP contribution < -0.4 is 5.73 Å². The lowest BCUT2D eigenvalue weighted by molar-refractivity contribution is -0.132. The van der Waals surface area contributed by atoms with Crippen LogP contribution in [-0.4, -0.2) is 25.5 Å². The average Bonchev–Trinajstić information content (AvgIpc) is 2.42. The third-order valence-electron chi connectivity index (χ3n) is 3.80. The van der Waals surface area contributed by atoms with Gasteiger partial charge in [-0.25, -0.2) is 8.78 Å². The molecule has 0 aromatic heterocycles. The Kier molecular flexibility index (Phi) is 4.27. The van der Waals surface area contributed by atoms with Crippen molar-refractivity contribution in [2.45, 2.75) is 19.3 Å². The Hall–Kier alpha value is -1.33. The van der Waals surface area contributed by atoms with E-state index in [2.05, 4.69) is 0 Å². The molecule has 2 N–H and O–H groups in total. The summed E-state index contributed by atoms with van der Waals surface area (Å²) in [6.45, 7) is 1.22. The molecule has 1 aliphatic heterocycles. The standard InChI is InChI=1S/C14H17F2NO2/c15-11-2-1-10(12(16)8-11)7-13(18)14(9-17)3-5-19-6-4-14/h1-2,8H,3-7,9,17H2. The highest BCUT2D eigenvalue weighted by Gasteiger charge is 2.38. The summed E-state index contributed by atoms with van der Waals surface area (Å²) in [5.41, 5.74) is 5.31. The minimum atomic E-state index is -0.687. The lowest BCUT2D eigenvalue weighted by Crippen LogP contribution is -2.44. The van der Waals surface area contributed by atoms with Gasteiger partial charge in [-0.15, -0.1) is 0 Å². The molecule has 0 radical (unpaired) electrons. The van der Waals surface area contributed by atoms with Crippen molar-refractivity contribution in [1.82, 2.24) is 0 Å². The first-order chi connectivity index (χ1) is 9.07. The van der Waals surface area contributed by atoms with Crippen molar-refractivity contribution in [2.75, 3.05) is 19.8 Å². The van der Waals surface area contributed by atoms with E-state index in [1.165, 1.54) is 6.07 Å². The SMILES string of the molecule is NCC1(C(=O)Cc2ccc(F)cc2F)CCOCC1. The number of ether oxygens (including phenoxy) is 1. The number of rotatable bonds is 4. The summed E-state index contributed by atoms with van der Waals surface area (Å²) < 4.78 is 31.6. The second-order valence-electron chi connectivity index (χ2n) is 4.93. The molecule has 0 unspecified atom stereocenters. The van der Waals surface area contributed by atoms with E-state index in [0.29, 0.717) is 26.1 Å². The predicted molar refractivity (Wildman–Crippen MR) is 66.6 cm³/mol. The molecule has 0 aliphatic carbocycles. The molecule has 0 saturated carbocycles. The highest BCUT2D eigenvalue weighted by molar-refractivity contribution is 5.87. The van der Waals surface area contributed by atoms with E-state index in [1.54, 1.807) is 0 Å². The van der Waals surface area contributed by atoms with Gasteiger partial charge in [-0.05, 0) is 24.5 Å². The van der Waals surface area contributed by atoms with Gasteiger partial charge in [0.15, 0.2) is 0 Å². The van der Waals surface area contributed by atoms with Gasteiger partial charge in [0.1, 0.15) is 17.4 Å². The number of Topliss-reactive ketones (excluding diaryl/α,β-unsaturated/α-hetero) is 1. The summed E-state index contributed by atoms with van der Waals surface area (Å²) >= 11 is 0. The first kappa shape index (κ1) is 14.1. The van der Waals surface area contributed by atoms with E-state index >= 15 is 0 Å². The van der Waals surface area contributed by atoms with E-state index in [0.717, 1.165) is 12.1 Å². The summed E-state index contributed by atoms with van der Waals surface area (Å²) in [5.74, 6) is -1.43. The van der Waals surface area contributed by atoms with Crippen LogP contribution in [0.5, 0.6) is 0 Å². The maximum Gasteiger partial charge on any atom is 0.144 e. The van der Waals surface area contributed by atoms with Crippen LogP contribution >= 0.6 is 0 Å². The summed E-state index contributed by atoms with van der Waals surface area (Å²) in [6.07, 6.45) is 1.07. The van der Waals surface area contributed by atoms with Gasteiger partial charge in [-0.3, -0.25) is 4.79 Å². The Morgan fingerprint density at radius 2 is 2.00 bits per heavy atom. The fraction of sp³-hybridized carbons (Fsp3) is 0.500. The molecule has 19 heavy (non-hydrogen) atoms. The Balaban J connectivity index is 2.15. The van der Waals surface area contributed by atoms with Crippen molar-refractivity contribution in [2.24, 2.45) is 11.1 Å². The Labute approximate surface area is 110 Å². The predicted octanol–water partition coefficient (Wildman–Crippen LogP) is 1.83. The highest BCUT2D eigenvalue weighted by atomic mass is 19.1. The largest absolute Gasteiger partial charge is 0.381 e. The minimum absolute atomic E-state index is 0.0523. The molecular weight excluding hydrogens is 252 g/mol. The molecule has 2 rings (SSSR count). The van der Waals surface area contributed by atoms with Crippen LogP contribution in [0.4, 0.5) is 8.78 Å². The summed E-state index contributed by atoms with van der Waals surface area (Å²) in [4.78, 5) is 12.4. The molecule has 1 saturated heterocycles. The van der Waals surface area contributed by atoms with Gasteiger partial charge < -0.3 is 10.5 Å². The molecular formula is C14H17F2NO2. The first-order valence-corrected chi connectivity index (χ1v) is 6.32. The Morgan fingerprint density at radius 1 is 1.32 bits per heavy atom. The minimum Gasteiger partial charge on any atom is -0.381 e. The van der Waals surface area contributed by atoms with E-state index in [4.69, 9.17) is 10.5 Å². The van der Waals surface area contributed by atoms with E-state index in [9.17, 15) is 13.6 Å². The molecule has 1 fully saturated rings. The molecule has 0 bridgehead atoms. The molecule has 3 nitrogen and oxygen atoms in total. The maximum absolute atomic E-state index is 13.6. The molecule has 1 aromatic rings. The van der Waals surface area contributed by atoms with Crippen LogP contribution in [0.1, 0.15) is 18.4 Å². The second-order valence-corrected chi connectivity index (χ2v) is 4.93. The molecule has 1 aliphatic rings. The van der Waals surface area contributed by atoms with Gasteiger partial charge in [0.2, 0.25) is 0 Å². The third kappa shape index (κ3) is 2.98. The van der Waals surface area contributed by atoms with Crippen LogP contribution in [0, 0.1) is 17.0 Å². The number of halogens is 2. The average molecular weight is 269 g/mol. The number of ketones is 1. The first-order valence-electron chi connectivity index (χ1n) is 6.32. The summed E-state index contributed by atoms with van der Waals surface area (Å²) in [6, 6.07) is 3.26. The summed E-state index contributed by atoms with van der Waals surface area (Å²) in [5, 5.41) is 0. The number of carbonyl (C=O) groups is 1. The summed E-state index contributed by atoms with van der Waals surface area (Å²) in [7, 11) is 0. The highest BCUT2D eigenvalue weighted by Crippen LogP contribution is 2.32. The number of benzene rings is 1. The van der Waals surface area contributed by atoms with Crippen LogP contribution in [0.15, 0.2) is 18.2 Å². The number of hydrogen-bond donors (Lipinski definition) is 1. The second kappa shape index (κ2) is 5.75. The van der Waals surface area contributed by atoms with Crippen LogP contribution in [0.3, 0.4) is 0 Å². The van der Waals surface area contributed by atoms with Crippen LogP contribution in [0.2, 0.25) is 0 Å². The van der Waals surface area contributed by atoms with Gasteiger partial charge in [0.05, 0.1) is 0 Å². The zero-order valence-corrected chi connectivity index (χ0v) is 10.6. The fourth-order valence-corrected chi connectivity index (χ4v) is 2.38. The van der Waals surface area contributed by atoms with Crippen molar-refractivity contribution in [3.8, 4) is 0 Å². The Morgan fingerprint density at radius 3 is 2.58 bits per heavy atom. The van der Waals surface area contributed by atoms with Crippen molar-refractivity contribution < 1.29 is 18.3 Å². The topological polar surface area (TPSA) is 52.3 Å². The van der Waals surface area contributed by atoms with E-state index in [-0.39, 0.29) is 24.3 Å². The van der Waals surface area contributed by atoms with Gasteiger partial charge in [0, 0.05) is 37.7 Å². The number of hydrogen-bond acceptors (Lipinski definition) is 3. The Bertz CT molecular complexity index is 471. The van der Waals surface area contributed by atoms with Gasteiger partial charge in [-0.1, -0.05) is 6.07 Å². The molecule has 0 atom stereocenters. The molecule has 0 amide bonds. The monoisotopic (exact) mass is 269 g/mol. The zero-order valence-electron chi connectivity index (χ0n) is 10.6. The normalized spacial score (nSPS) is 18.3. The smallest absolute Gasteiger partial charge is 0.144 e. The van der Waals surface area contributed by atoms with Gasteiger partial charge >= 0.3 is 0 Å². The molecule has 5 heteroatoms. The fourth-order valence-electron chi connectivity index (χ4n) is 2.38. The quantitative estimate of drug-likeness (QED) is 0.907. The lowest BCUT2D eigenvalue weighted by Gasteiger charge is -2.34. The van der Waals surface area contributed by atoms with Gasteiger partial charge in [0.25, 0.3) is 0 Å². The van der Waals surface area contributed by atoms with E-state index in [1.807, 2.05) is 0 Å². The van der Waals surface area contributed by atoms with Crippen molar-refractivity contribution in [3.05, 3.63) is 35.4 Å². The zero-order chi connectivity index (χ0) is 13.9. The molecule has 1 heterocycles. The van der Waals surface area contributed by atoms with Crippen molar-refractivity contribution in [1.29, 1.82) is 0 Å².